The quantitative estimate of drug-likeness (QED) is 0.0195. The summed E-state index contributed by atoms with van der Waals surface area (Å²) in [6.07, 6.45) is 60.9. The first kappa shape index (κ1) is 74.1. The van der Waals surface area contributed by atoms with Gasteiger partial charge in [0.2, 0.25) is 5.91 Å². The van der Waals surface area contributed by atoms with Crippen molar-refractivity contribution in [2.24, 2.45) is 0 Å². The molecule has 1 fully saturated rings. The highest BCUT2D eigenvalue weighted by atomic mass is 16.7. The van der Waals surface area contributed by atoms with Crippen LogP contribution in [0.1, 0.15) is 284 Å². The van der Waals surface area contributed by atoms with Gasteiger partial charge in [0.25, 0.3) is 0 Å². The fourth-order valence-electron chi connectivity index (χ4n) is 9.97. The number of rotatable bonds is 55. The average molecular weight is 1110 g/mol. The van der Waals surface area contributed by atoms with E-state index in [2.05, 4.69) is 86.8 Å². The Morgan fingerprint density at radius 3 is 1.37 bits per heavy atom. The van der Waals surface area contributed by atoms with E-state index in [1.54, 1.807) is 6.08 Å². The largest absolute Gasteiger partial charge is 0.454 e. The lowest BCUT2D eigenvalue weighted by atomic mass is 9.99. The Kier molecular flexibility index (Phi) is 52.2. The number of unbranched alkanes of at least 4 members (excludes halogenated alkanes) is 31. The molecular weight excluding hydrogens is 991 g/mol. The fourth-order valence-corrected chi connectivity index (χ4v) is 9.97. The van der Waals surface area contributed by atoms with Crippen molar-refractivity contribution < 1.29 is 49.3 Å². The third-order valence-electron chi connectivity index (χ3n) is 15.1. The molecule has 11 heteroatoms. The zero-order valence-electron chi connectivity index (χ0n) is 50.7. The predicted molar refractivity (Wildman–Crippen MR) is 329 cm³/mol. The molecule has 1 aliphatic heterocycles. The van der Waals surface area contributed by atoms with Gasteiger partial charge < -0.3 is 45.1 Å². The van der Waals surface area contributed by atoms with Crippen molar-refractivity contribution in [3.63, 3.8) is 0 Å². The summed E-state index contributed by atoms with van der Waals surface area (Å²) < 4.78 is 17.6. The highest BCUT2D eigenvalue weighted by Crippen LogP contribution is 2.26. The topological polar surface area (TPSA) is 175 Å². The van der Waals surface area contributed by atoms with E-state index in [-0.39, 0.29) is 13.0 Å². The van der Waals surface area contributed by atoms with Crippen LogP contribution >= 0.6 is 0 Å². The number of allylic oxidation sites excluding steroid dienone is 11. The molecule has 1 rings (SSSR count). The molecule has 0 aromatic rings. The summed E-state index contributed by atoms with van der Waals surface area (Å²) in [5.74, 6) is -1.19. The van der Waals surface area contributed by atoms with Gasteiger partial charge in [-0.05, 0) is 70.6 Å². The van der Waals surface area contributed by atoms with Gasteiger partial charge in [0.15, 0.2) is 12.4 Å². The van der Waals surface area contributed by atoms with Crippen molar-refractivity contribution in [2.75, 3.05) is 13.2 Å². The van der Waals surface area contributed by atoms with Crippen molar-refractivity contribution in [3.8, 4) is 0 Å². The van der Waals surface area contributed by atoms with E-state index < -0.39 is 67.4 Å². The number of carbonyl (C=O) groups excluding carboxylic acids is 2. The van der Waals surface area contributed by atoms with E-state index in [4.69, 9.17) is 14.2 Å². The molecule has 0 saturated carbocycles. The van der Waals surface area contributed by atoms with E-state index >= 15 is 0 Å². The van der Waals surface area contributed by atoms with Gasteiger partial charge in [0, 0.05) is 6.42 Å². The maximum Gasteiger partial charge on any atom is 0.306 e. The second-order valence-electron chi connectivity index (χ2n) is 22.5. The number of aliphatic hydroxyl groups is 5. The molecule has 1 heterocycles. The second-order valence-corrected chi connectivity index (χ2v) is 22.5. The molecule has 0 bridgehead atoms. The maximum atomic E-state index is 13.4. The standard InChI is InChI=1S/C68H121NO10/c1-4-7-10-13-16-19-22-24-25-26-27-28-29-30-31-32-33-34-35-36-37-39-41-44-47-50-53-56-63(73)79-66-65(75)64(74)62(57-70)78-68(66)77-58-59(60(71)54-51-48-45-43-40-38-23-20-17-14-11-8-5-2)69-67(76)61(72)55-52-49-46-42-21-18-15-12-9-6-3/h7,10,16,19,24-25,27-28,30-31,51,54,59-62,64-66,68,70-72,74-75H,4-6,8-9,11-15,17-18,20-23,26,29,32-50,52-53,55-58H2,1-3H3,(H,69,76)/b10-7-,19-16-,25-24-,28-27-,31-30-,54-51+. The molecule has 1 amide bonds. The highest BCUT2D eigenvalue weighted by molar-refractivity contribution is 5.80. The molecule has 0 radical (unpaired) electrons. The Bertz CT molecular complexity index is 1560. The third kappa shape index (κ3) is 43.5. The van der Waals surface area contributed by atoms with Crippen LogP contribution in [0.15, 0.2) is 72.9 Å². The Labute approximate surface area is 483 Å². The van der Waals surface area contributed by atoms with Crippen LogP contribution in [0.5, 0.6) is 0 Å². The molecule has 0 aromatic carbocycles. The van der Waals surface area contributed by atoms with Crippen LogP contribution in [0.25, 0.3) is 0 Å². The van der Waals surface area contributed by atoms with Gasteiger partial charge in [-0.3, -0.25) is 9.59 Å². The van der Waals surface area contributed by atoms with Crippen molar-refractivity contribution in [1.29, 1.82) is 0 Å². The first-order valence-electron chi connectivity index (χ1n) is 32.7. The molecule has 79 heavy (non-hydrogen) atoms. The number of hydrogen-bond donors (Lipinski definition) is 6. The minimum absolute atomic E-state index is 0.118. The third-order valence-corrected chi connectivity index (χ3v) is 15.1. The summed E-state index contributed by atoms with van der Waals surface area (Å²) in [6.45, 7) is 5.67. The SMILES string of the molecule is CC/C=C\C/C=C\C/C=C\C/C=C\C/C=C\CCCCCCCCCCCCCC(=O)OC1C(OCC(NC(=O)C(O)CCCCCCCCCCCC)C(O)/C=C/CCCCCCCCCCCCC)OC(CO)C(O)C1O. The van der Waals surface area contributed by atoms with Gasteiger partial charge in [-0.25, -0.2) is 0 Å². The Morgan fingerprint density at radius 1 is 0.506 bits per heavy atom. The van der Waals surface area contributed by atoms with E-state index in [0.717, 1.165) is 96.3 Å². The zero-order valence-corrected chi connectivity index (χ0v) is 50.7. The van der Waals surface area contributed by atoms with E-state index in [1.165, 1.54) is 141 Å². The van der Waals surface area contributed by atoms with Gasteiger partial charge in [0.1, 0.15) is 24.4 Å². The van der Waals surface area contributed by atoms with Crippen LogP contribution in [0, 0.1) is 0 Å². The number of aliphatic hydroxyl groups excluding tert-OH is 5. The van der Waals surface area contributed by atoms with E-state index in [0.29, 0.717) is 19.3 Å². The molecule has 0 spiro atoms. The van der Waals surface area contributed by atoms with Gasteiger partial charge in [-0.2, -0.15) is 0 Å². The molecule has 0 aliphatic carbocycles. The minimum atomic E-state index is -1.62. The first-order chi connectivity index (χ1) is 38.7. The molecule has 0 aromatic heterocycles. The molecule has 1 saturated heterocycles. The van der Waals surface area contributed by atoms with Gasteiger partial charge in [0.05, 0.1) is 25.4 Å². The van der Waals surface area contributed by atoms with E-state index in [1.807, 2.05) is 6.08 Å². The van der Waals surface area contributed by atoms with Crippen LogP contribution in [-0.2, 0) is 23.8 Å². The van der Waals surface area contributed by atoms with Gasteiger partial charge >= 0.3 is 5.97 Å². The van der Waals surface area contributed by atoms with Crippen LogP contribution in [0.3, 0.4) is 0 Å². The van der Waals surface area contributed by atoms with Crippen LogP contribution in [0.2, 0.25) is 0 Å². The number of ether oxygens (including phenoxy) is 3. The summed E-state index contributed by atoms with van der Waals surface area (Å²) in [7, 11) is 0. The van der Waals surface area contributed by atoms with Crippen LogP contribution < -0.4 is 5.32 Å². The summed E-state index contributed by atoms with van der Waals surface area (Å²) in [5.41, 5.74) is 0. The average Bonchev–Trinajstić information content (AvgIpc) is 3.47. The summed E-state index contributed by atoms with van der Waals surface area (Å²) >= 11 is 0. The van der Waals surface area contributed by atoms with Crippen molar-refractivity contribution in [3.05, 3.63) is 72.9 Å². The maximum absolute atomic E-state index is 13.4. The lowest BCUT2D eigenvalue weighted by Gasteiger charge is -2.41. The lowest BCUT2D eigenvalue weighted by molar-refractivity contribution is -0.305. The Balaban J connectivity index is 2.55. The summed E-state index contributed by atoms with van der Waals surface area (Å²) in [4.78, 5) is 26.5. The van der Waals surface area contributed by atoms with Crippen molar-refractivity contribution in [2.45, 2.75) is 333 Å². The molecule has 1 aliphatic rings. The summed E-state index contributed by atoms with van der Waals surface area (Å²) in [5, 5.41) is 57.0. The summed E-state index contributed by atoms with van der Waals surface area (Å²) in [6, 6.07) is -1.02. The molecule has 8 unspecified atom stereocenters. The van der Waals surface area contributed by atoms with E-state index in [9.17, 15) is 35.1 Å². The molecule has 11 nitrogen and oxygen atoms in total. The first-order valence-corrected chi connectivity index (χ1v) is 32.7. The number of nitrogens with one attached hydrogen (secondary N) is 1. The molecule has 8 atom stereocenters. The smallest absolute Gasteiger partial charge is 0.306 e. The Morgan fingerprint density at radius 2 is 0.911 bits per heavy atom. The minimum Gasteiger partial charge on any atom is -0.454 e. The van der Waals surface area contributed by atoms with Gasteiger partial charge in [-0.1, -0.05) is 280 Å². The number of esters is 1. The monoisotopic (exact) mass is 1110 g/mol. The molecule has 458 valence electrons. The second kappa shape index (κ2) is 55.6. The van der Waals surface area contributed by atoms with Crippen molar-refractivity contribution in [1.82, 2.24) is 5.32 Å². The predicted octanol–water partition coefficient (Wildman–Crippen LogP) is 16.0. The fraction of sp³-hybridized carbons (Fsp3) is 0.794. The highest BCUT2D eigenvalue weighted by Gasteiger charge is 2.47. The molecule has 6 N–H and O–H groups in total. The number of hydrogen-bond acceptors (Lipinski definition) is 10. The lowest BCUT2D eigenvalue weighted by Crippen LogP contribution is -2.61. The Hall–Kier alpha value is -2.90. The van der Waals surface area contributed by atoms with Crippen LogP contribution in [0.4, 0.5) is 0 Å². The number of carbonyl (C=O) groups is 2. The van der Waals surface area contributed by atoms with Crippen molar-refractivity contribution >= 4 is 11.9 Å². The zero-order chi connectivity index (χ0) is 57.5. The normalized spacial score (nSPS) is 19.3. The molecular formula is C68H121NO10. The number of amides is 1. The van der Waals surface area contributed by atoms with Crippen LogP contribution in [-0.4, -0.2) is 99.6 Å². The van der Waals surface area contributed by atoms with Gasteiger partial charge in [-0.15, -0.1) is 0 Å².